The van der Waals surface area contributed by atoms with Crippen LogP contribution in [0, 0.1) is 0 Å². The number of alkyl halides is 3. The Bertz CT molecular complexity index is 1300. The zero-order valence-electron chi connectivity index (χ0n) is 18.0. The van der Waals surface area contributed by atoms with Gasteiger partial charge in [-0.2, -0.15) is 13.2 Å². The fourth-order valence-electron chi connectivity index (χ4n) is 4.38. The van der Waals surface area contributed by atoms with E-state index in [9.17, 15) is 13.2 Å². The van der Waals surface area contributed by atoms with Crippen molar-refractivity contribution in [2.45, 2.75) is 31.6 Å². The second kappa shape index (κ2) is 8.27. The molecule has 2 atom stereocenters. The lowest BCUT2D eigenvalue weighted by molar-refractivity contribution is -0.183. The molecule has 4 aromatic rings. The summed E-state index contributed by atoms with van der Waals surface area (Å²) in [6.07, 6.45) is -2.45. The lowest BCUT2D eigenvalue weighted by Crippen LogP contribution is -2.38. The Labute approximate surface area is 188 Å². The molecule has 1 saturated heterocycles. The predicted octanol–water partition coefficient (Wildman–Crippen LogP) is 3.98. The Kier molecular flexibility index (Phi) is 5.41. The Balaban J connectivity index is 1.58. The topological polar surface area (TPSA) is 81.6 Å². The summed E-state index contributed by atoms with van der Waals surface area (Å²) in [6, 6.07) is 10.3. The van der Waals surface area contributed by atoms with Gasteiger partial charge in [-0.05, 0) is 43.2 Å². The highest BCUT2D eigenvalue weighted by Gasteiger charge is 2.46. The van der Waals surface area contributed by atoms with Crippen LogP contribution in [0.15, 0.2) is 48.7 Å². The van der Waals surface area contributed by atoms with E-state index in [1.165, 1.54) is 17.2 Å². The molecule has 0 saturated carbocycles. The number of nitrogens with two attached hydrogens (primary N) is 1. The van der Waals surface area contributed by atoms with E-state index in [-0.39, 0.29) is 18.2 Å². The smallest absolute Gasteiger partial charge is 0.408 e. The van der Waals surface area contributed by atoms with Crippen LogP contribution in [0.25, 0.3) is 28.1 Å². The maximum Gasteiger partial charge on any atom is 0.408 e. The number of fused-ring (bicyclic) bond motifs is 2. The molecule has 1 aromatic carbocycles. The number of pyridine rings is 2. The number of likely N-dealkylation sites (tertiary alicyclic amines) is 1. The molecular formula is C23H23F3N6O. The minimum Gasteiger partial charge on any atom is -0.494 e. The quantitative estimate of drug-likeness (QED) is 0.489. The van der Waals surface area contributed by atoms with E-state index < -0.39 is 12.2 Å². The predicted molar refractivity (Wildman–Crippen MR) is 118 cm³/mol. The van der Waals surface area contributed by atoms with E-state index in [2.05, 4.69) is 15.2 Å². The largest absolute Gasteiger partial charge is 0.494 e. The van der Waals surface area contributed by atoms with Gasteiger partial charge >= 0.3 is 6.18 Å². The summed E-state index contributed by atoms with van der Waals surface area (Å²) < 4.78 is 49.3. The maximum absolute atomic E-state index is 14.1. The third-order valence-corrected chi connectivity index (χ3v) is 5.88. The Morgan fingerprint density at radius 3 is 2.70 bits per heavy atom. The Hall–Kier alpha value is -3.24. The average Bonchev–Trinajstić information content (AvgIpc) is 3.38. The average molecular weight is 456 g/mol. The Morgan fingerprint density at radius 1 is 1.15 bits per heavy atom. The van der Waals surface area contributed by atoms with Gasteiger partial charge in [0, 0.05) is 36.8 Å². The van der Waals surface area contributed by atoms with Gasteiger partial charge in [-0.25, -0.2) is 4.98 Å². The molecule has 172 valence electrons. The second-order valence-corrected chi connectivity index (χ2v) is 8.19. The number of aromatic nitrogens is 4. The van der Waals surface area contributed by atoms with Gasteiger partial charge in [0.1, 0.15) is 17.5 Å². The highest BCUT2D eigenvalue weighted by molar-refractivity contribution is 5.82. The standard InChI is InChI=1S/C23H23F3N6O/c1-2-33-17-6-3-14-4-7-18(28-19(14)11-17)22-30-29-20-8-5-15(12-32(20)22)21(23(24,25)26)31-10-9-16(27)13-31/h3-8,11-12,16,21H,2,9-10,13,27H2,1H3/t16-,21+/m0/s1. The molecule has 0 aliphatic carbocycles. The highest BCUT2D eigenvalue weighted by Crippen LogP contribution is 2.39. The molecule has 33 heavy (non-hydrogen) atoms. The molecular weight excluding hydrogens is 433 g/mol. The van der Waals surface area contributed by atoms with E-state index in [0.29, 0.717) is 48.0 Å². The minimum absolute atomic E-state index is 0.115. The first-order valence-corrected chi connectivity index (χ1v) is 10.8. The fourth-order valence-corrected chi connectivity index (χ4v) is 4.38. The molecule has 1 fully saturated rings. The molecule has 0 amide bonds. The first-order valence-electron chi connectivity index (χ1n) is 10.8. The van der Waals surface area contributed by atoms with Gasteiger partial charge in [0.2, 0.25) is 0 Å². The maximum atomic E-state index is 14.1. The molecule has 3 aromatic heterocycles. The van der Waals surface area contributed by atoms with E-state index in [4.69, 9.17) is 10.5 Å². The Morgan fingerprint density at radius 2 is 1.97 bits per heavy atom. The SMILES string of the molecule is CCOc1ccc2ccc(-c3nnc4ccc([C@@H](N5CC[C@H](N)C5)C(F)(F)F)cn34)nc2c1. The van der Waals surface area contributed by atoms with Crippen molar-refractivity contribution in [3.8, 4) is 17.3 Å². The van der Waals surface area contributed by atoms with Gasteiger partial charge in [0.15, 0.2) is 11.5 Å². The number of halogens is 3. The van der Waals surface area contributed by atoms with Crippen molar-refractivity contribution in [2.24, 2.45) is 5.73 Å². The molecule has 0 spiro atoms. The van der Waals surface area contributed by atoms with Crippen LogP contribution >= 0.6 is 0 Å². The van der Waals surface area contributed by atoms with E-state index in [1.54, 1.807) is 16.5 Å². The zero-order chi connectivity index (χ0) is 23.2. The number of hydrogen-bond acceptors (Lipinski definition) is 6. The molecule has 7 nitrogen and oxygen atoms in total. The molecule has 1 aliphatic rings. The molecule has 5 rings (SSSR count). The molecule has 0 unspecified atom stereocenters. The third kappa shape index (κ3) is 4.11. The second-order valence-electron chi connectivity index (χ2n) is 8.19. The van der Waals surface area contributed by atoms with Crippen molar-refractivity contribution >= 4 is 16.6 Å². The molecule has 2 N–H and O–H groups in total. The van der Waals surface area contributed by atoms with Crippen LogP contribution in [0.2, 0.25) is 0 Å². The summed E-state index contributed by atoms with van der Waals surface area (Å²) in [4.78, 5) is 6.06. The number of nitrogens with zero attached hydrogens (tertiary/aromatic N) is 5. The van der Waals surface area contributed by atoms with Crippen molar-refractivity contribution in [2.75, 3.05) is 19.7 Å². The van der Waals surface area contributed by atoms with Gasteiger partial charge in [-0.1, -0.05) is 12.1 Å². The van der Waals surface area contributed by atoms with Gasteiger partial charge in [-0.15, -0.1) is 10.2 Å². The molecule has 4 heterocycles. The van der Waals surface area contributed by atoms with Gasteiger partial charge in [0.25, 0.3) is 0 Å². The van der Waals surface area contributed by atoms with Gasteiger partial charge in [-0.3, -0.25) is 9.30 Å². The van der Waals surface area contributed by atoms with E-state index >= 15 is 0 Å². The zero-order valence-corrected chi connectivity index (χ0v) is 18.0. The summed E-state index contributed by atoms with van der Waals surface area (Å²) in [5.41, 5.74) is 7.65. The van der Waals surface area contributed by atoms with Crippen molar-refractivity contribution in [1.29, 1.82) is 0 Å². The highest BCUT2D eigenvalue weighted by atomic mass is 19.4. The first-order chi connectivity index (χ1) is 15.8. The number of benzene rings is 1. The van der Waals surface area contributed by atoms with Crippen LogP contribution in [0.1, 0.15) is 24.9 Å². The van der Waals surface area contributed by atoms with Crippen LogP contribution in [-0.2, 0) is 0 Å². The van der Waals surface area contributed by atoms with E-state index in [1.807, 2.05) is 31.2 Å². The van der Waals surface area contributed by atoms with Crippen molar-refractivity contribution in [1.82, 2.24) is 24.5 Å². The third-order valence-electron chi connectivity index (χ3n) is 5.88. The summed E-state index contributed by atoms with van der Waals surface area (Å²) >= 11 is 0. The van der Waals surface area contributed by atoms with Gasteiger partial charge in [0.05, 0.1) is 12.1 Å². The normalized spacial score (nSPS) is 18.3. The first kappa shape index (κ1) is 21.6. The minimum atomic E-state index is -4.44. The molecule has 10 heteroatoms. The monoisotopic (exact) mass is 456 g/mol. The van der Waals surface area contributed by atoms with Crippen LogP contribution in [0.3, 0.4) is 0 Å². The molecule has 0 radical (unpaired) electrons. The van der Waals surface area contributed by atoms with Crippen LogP contribution in [-0.4, -0.2) is 56.4 Å². The number of ether oxygens (including phenoxy) is 1. The summed E-state index contributed by atoms with van der Waals surface area (Å²) in [6.45, 7) is 2.93. The van der Waals surface area contributed by atoms with Gasteiger partial charge < -0.3 is 10.5 Å². The van der Waals surface area contributed by atoms with Crippen LogP contribution < -0.4 is 10.5 Å². The molecule has 0 bridgehead atoms. The lowest BCUT2D eigenvalue weighted by atomic mass is 10.1. The van der Waals surface area contributed by atoms with Crippen molar-refractivity contribution < 1.29 is 17.9 Å². The fraction of sp³-hybridized carbons (Fsp3) is 0.348. The summed E-state index contributed by atoms with van der Waals surface area (Å²) in [5, 5.41) is 9.25. The lowest BCUT2D eigenvalue weighted by Gasteiger charge is -2.30. The summed E-state index contributed by atoms with van der Waals surface area (Å²) in [5.74, 6) is 1.06. The number of rotatable bonds is 5. The molecule has 1 aliphatic heterocycles. The summed E-state index contributed by atoms with van der Waals surface area (Å²) in [7, 11) is 0. The number of hydrogen-bond donors (Lipinski definition) is 1. The van der Waals surface area contributed by atoms with Crippen molar-refractivity contribution in [3.63, 3.8) is 0 Å². The van der Waals surface area contributed by atoms with E-state index in [0.717, 1.165) is 5.39 Å². The van der Waals surface area contributed by atoms with Crippen LogP contribution in [0.4, 0.5) is 13.2 Å². The van der Waals surface area contributed by atoms with Crippen LogP contribution in [0.5, 0.6) is 5.75 Å². The van der Waals surface area contributed by atoms with Crippen molar-refractivity contribution in [3.05, 3.63) is 54.2 Å².